The molecule has 0 spiro atoms. The summed E-state index contributed by atoms with van der Waals surface area (Å²) in [7, 11) is 0. The molecule has 1 aromatic carbocycles. The summed E-state index contributed by atoms with van der Waals surface area (Å²) >= 11 is 3.35. The lowest BCUT2D eigenvalue weighted by molar-refractivity contribution is -0.123. The highest BCUT2D eigenvalue weighted by molar-refractivity contribution is 9.10. The number of aryl methyl sites for hydroxylation is 1. The maximum Gasteiger partial charge on any atom is 0.276 e. The number of nitrogens with one attached hydrogen (secondary N) is 2. The Kier molecular flexibility index (Phi) is 5.48. The largest absolute Gasteiger partial charge is 0.483 e. The maximum absolute atomic E-state index is 11.7. The lowest BCUT2D eigenvalue weighted by Crippen LogP contribution is -2.43. The molecule has 0 aliphatic rings. The van der Waals surface area contributed by atoms with Crippen molar-refractivity contribution in [3.63, 3.8) is 0 Å². The molecule has 114 valence electrons. The smallest absolute Gasteiger partial charge is 0.276 e. The Hall–Kier alpha value is -2.41. The highest BCUT2D eigenvalue weighted by Gasteiger charge is 2.08. The lowest BCUT2D eigenvalue weighted by atomic mass is 10.2. The third-order valence-corrected chi connectivity index (χ3v) is 3.23. The van der Waals surface area contributed by atoms with E-state index in [1.165, 1.54) is 6.20 Å². The molecule has 22 heavy (non-hydrogen) atoms. The first-order valence-corrected chi connectivity index (χ1v) is 7.24. The molecule has 7 heteroatoms. The fraction of sp³-hybridized carbons (Fsp3) is 0.133. The number of carbonyl (C=O) groups is 2. The van der Waals surface area contributed by atoms with E-state index in [9.17, 15) is 9.59 Å². The molecule has 0 atom stereocenters. The number of hydrazine groups is 1. The van der Waals surface area contributed by atoms with Crippen LogP contribution in [0.3, 0.4) is 0 Å². The van der Waals surface area contributed by atoms with Crippen LogP contribution < -0.4 is 15.6 Å². The van der Waals surface area contributed by atoms with Crippen LogP contribution in [-0.4, -0.2) is 23.4 Å². The monoisotopic (exact) mass is 363 g/mol. The Morgan fingerprint density at radius 3 is 2.77 bits per heavy atom. The van der Waals surface area contributed by atoms with Crippen LogP contribution >= 0.6 is 15.9 Å². The summed E-state index contributed by atoms with van der Waals surface area (Å²) in [6.45, 7) is 1.68. The summed E-state index contributed by atoms with van der Waals surface area (Å²) in [6, 6.07) is 8.70. The molecule has 2 aromatic rings. The maximum atomic E-state index is 11.7. The first-order chi connectivity index (χ1) is 10.6. The van der Waals surface area contributed by atoms with Crippen molar-refractivity contribution in [2.75, 3.05) is 6.61 Å². The van der Waals surface area contributed by atoms with Crippen molar-refractivity contribution in [1.29, 1.82) is 0 Å². The lowest BCUT2D eigenvalue weighted by Gasteiger charge is -2.10. The van der Waals surface area contributed by atoms with Gasteiger partial charge in [0.2, 0.25) is 0 Å². The van der Waals surface area contributed by atoms with E-state index in [4.69, 9.17) is 4.74 Å². The Morgan fingerprint density at radius 2 is 2.09 bits per heavy atom. The van der Waals surface area contributed by atoms with E-state index in [0.717, 1.165) is 10.0 Å². The van der Waals surface area contributed by atoms with Gasteiger partial charge in [0, 0.05) is 16.9 Å². The number of hydrogen-bond acceptors (Lipinski definition) is 4. The van der Waals surface area contributed by atoms with Gasteiger partial charge in [-0.3, -0.25) is 25.4 Å². The summed E-state index contributed by atoms with van der Waals surface area (Å²) in [5.74, 6) is -0.294. The summed E-state index contributed by atoms with van der Waals surface area (Å²) in [4.78, 5) is 27.2. The Labute approximate surface area is 136 Å². The van der Waals surface area contributed by atoms with Crippen molar-refractivity contribution < 1.29 is 14.3 Å². The quantitative estimate of drug-likeness (QED) is 0.814. The minimum atomic E-state index is -0.459. The molecule has 0 fully saturated rings. The fourth-order valence-electron chi connectivity index (χ4n) is 1.65. The fourth-order valence-corrected chi connectivity index (χ4v) is 2.13. The highest BCUT2D eigenvalue weighted by atomic mass is 79.9. The Balaban J connectivity index is 1.80. The standard InChI is InChI=1S/C15H14BrN3O3/c1-10-7-12(16)4-5-13(10)22-9-14(20)18-19-15(21)11-3-2-6-17-8-11/h2-8H,9H2,1H3,(H,18,20)(H,19,21). The molecule has 0 saturated carbocycles. The van der Waals surface area contributed by atoms with Gasteiger partial charge in [0.1, 0.15) is 5.75 Å². The van der Waals surface area contributed by atoms with Crippen molar-refractivity contribution in [3.8, 4) is 5.75 Å². The van der Waals surface area contributed by atoms with E-state index in [2.05, 4.69) is 31.8 Å². The molecule has 0 saturated heterocycles. The van der Waals surface area contributed by atoms with E-state index in [1.54, 1.807) is 24.4 Å². The SMILES string of the molecule is Cc1cc(Br)ccc1OCC(=O)NNC(=O)c1cccnc1. The van der Waals surface area contributed by atoms with Crippen molar-refractivity contribution in [1.82, 2.24) is 15.8 Å². The summed E-state index contributed by atoms with van der Waals surface area (Å²) in [5.41, 5.74) is 5.83. The van der Waals surface area contributed by atoms with E-state index >= 15 is 0 Å². The van der Waals surface area contributed by atoms with Gasteiger partial charge in [0.15, 0.2) is 6.61 Å². The second-order valence-corrected chi connectivity index (χ2v) is 5.36. The third kappa shape index (κ3) is 4.56. The van der Waals surface area contributed by atoms with Gasteiger partial charge in [-0.1, -0.05) is 15.9 Å². The number of nitrogens with zero attached hydrogens (tertiary/aromatic N) is 1. The average Bonchev–Trinajstić information content (AvgIpc) is 2.52. The highest BCUT2D eigenvalue weighted by Crippen LogP contribution is 2.21. The molecule has 2 N–H and O–H groups in total. The zero-order valence-electron chi connectivity index (χ0n) is 11.8. The number of carbonyl (C=O) groups excluding carboxylic acids is 2. The van der Waals surface area contributed by atoms with Crippen LogP contribution in [0.2, 0.25) is 0 Å². The molecule has 0 aliphatic carbocycles. The van der Waals surface area contributed by atoms with Crippen molar-refractivity contribution in [3.05, 3.63) is 58.3 Å². The zero-order chi connectivity index (χ0) is 15.9. The number of rotatable bonds is 4. The van der Waals surface area contributed by atoms with Crippen molar-refractivity contribution in [2.24, 2.45) is 0 Å². The minimum absolute atomic E-state index is 0.199. The van der Waals surface area contributed by atoms with Gasteiger partial charge in [-0.2, -0.15) is 0 Å². The van der Waals surface area contributed by atoms with E-state index in [-0.39, 0.29) is 6.61 Å². The molecular weight excluding hydrogens is 350 g/mol. The predicted molar refractivity (Wildman–Crippen MR) is 84.2 cm³/mol. The van der Waals surface area contributed by atoms with Crippen LogP contribution in [0.1, 0.15) is 15.9 Å². The number of hydrogen-bond donors (Lipinski definition) is 2. The number of aromatic nitrogens is 1. The van der Waals surface area contributed by atoms with Crippen molar-refractivity contribution >= 4 is 27.7 Å². The van der Waals surface area contributed by atoms with Gasteiger partial charge >= 0.3 is 0 Å². The second kappa shape index (κ2) is 7.56. The summed E-state index contributed by atoms with van der Waals surface area (Å²) in [5, 5.41) is 0. The Bertz CT molecular complexity index is 677. The molecule has 0 bridgehead atoms. The van der Waals surface area contributed by atoms with Gasteiger partial charge < -0.3 is 4.74 Å². The first kappa shape index (κ1) is 16.0. The summed E-state index contributed by atoms with van der Waals surface area (Å²) in [6.07, 6.45) is 2.97. The van der Waals surface area contributed by atoms with Crippen LogP contribution in [0.25, 0.3) is 0 Å². The van der Waals surface area contributed by atoms with E-state index in [0.29, 0.717) is 11.3 Å². The van der Waals surface area contributed by atoms with Crippen molar-refractivity contribution in [2.45, 2.75) is 6.92 Å². The summed E-state index contributed by atoms with van der Waals surface area (Å²) < 4.78 is 6.33. The van der Waals surface area contributed by atoms with Crippen LogP contribution in [0.15, 0.2) is 47.2 Å². The van der Waals surface area contributed by atoms with Gasteiger partial charge in [0.25, 0.3) is 11.8 Å². The number of amides is 2. The zero-order valence-corrected chi connectivity index (χ0v) is 13.4. The topological polar surface area (TPSA) is 80.3 Å². The number of benzene rings is 1. The van der Waals surface area contributed by atoms with Gasteiger partial charge in [-0.25, -0.2) is 0 Å². The molecule has 0 aliphatic heterocycles. The van der Waals surface area contributed by atoms with E-state index < -0.39 is 11.8 Å². The van der Waals surface area contributed by atoms with Crippen LogP contribution in [0, 0.1) is 6.92 Å². The van der Waals surface area contributed by atoms with Crippen LogP contribution in [-0.2, 0) is 4.79 Å². The molecule has 2 amide bonds. The van der Waals surface area contributed by atoms with Crippen LogP contribution in [0.5, 0.6) is 5.75 Å². The number of ether oxygens (including phenoxy) is 1. The molecule has 0 radical (unpaired) electrons. The predicted octanol–water partition coefficient (Wildman–Crippen LogP) is 1.99. The molecule has 1 aromatic heterocycles. The number of halogens is 1. The van der Waals surface area contributed by atoms with E-state index in [1.807, 2.05) is 19.1 Å². The molecule has 0 unspecified atom stereocenters. The molecule has 2 rings (SSSR count). The van der Waals surface area contributed by atoms with Gasteiger partial charge in [-0.05, 0) is 42.8 Å². The van der Waals surface area contributed by atoms with Crippen LogP contribution in [0.4, 0.5) is 0 Å². The van der Waals surface area contributed by atoms with Gasteiger partial charge in [0.05, 0.1) is 5.56 Å². The first-order valence-electron chi connectivity index (χ1n) is 6.44. The number of pyridine rings is 1. The molecular formula is C15H14BrN3O3. The third-order valence-electron chi connectivity index (χ3n) is 2.73. The molecule has 6 nitrogen and oxygen atoms in total. The molecule has 1 heterocycles. The Morgan fingerprint density at radius 1 is 1.27 bits per heavy atom. The normalized spacial score (nSPS) is 9.91. The second-order valence-electron chi connectivity index (χ2n) is 4.44. The average molecular weight is 364 g/mol. The van der Waals surface area contributed by atoms with Gasteiger partial charge in [-0.15, -0.1) is 0 Å². The minimum Gasteiger partial charge on any atom is -0.483 e.